The third kappa shape index (κ3) is 4.23. The van der Waals surface area contributed by atoms with Crippen molar-refractivity contribution in [1.29, 1.82) is 5.26 Å². The summed E-state index contributed by atoms with van der Waals surface area (Å²) in [6, 6.07) is 5.55. The van der Waals surface area contributed by atoms with Crippen LogP contribution in [0.3, 0.4) is 0 Å². The second-order valence-electron chi connectivity index (χ2n) is 3.24. The molecule has 0 aliphatic heterocycles. The molecule has 9 nitrogen and oxygen atoms in total. The summed E-state index contributed by atoms with van der Waals surface area (Å²) >= 11 is 0. The number of carbonyl (C=O) groups excluding carboxylic acids is 1. The molecule has 0 spiro atoms. The number of nitro groups is 1. The summed E-state index contributed by atoms with van der Waals surface area (Å²) in [6.07, 6.45) is -0.138. The second-order valence-corrected chi connectivity index (χ2v) is 3.24. The number of hydrogen-bond acceptors (Lipinski definition) is 8. The lowest BCUT2D eigenvalue weighted by molar-refractivity contribution is -0.385. The molecule has 0 saturated heterocycles. The maximum absolute atomic E-state index is 10.9. The number of hydrogen-bond donors (Lipinski definition) is 2. The zero-order valence-electron chi connectivity index (χ0n) is 9.66. The van der Waals surface area contributed by atoms with Crippen molar-refractivity contribution in [2.24, 2.45) is 5.84 Å². The first-order chi connectivity index (χ1) is 9.08. The van der Waals surface area contributed by atoms with Crippen LogP contribution >= 0.6 is 0 Å². The molecule has 1 aromatic carbocycles. The van der Waals surface area contributed by atoms with E-state index in [1.165, 1.54) is 12.1 Å². The number of rotatable bonds is 6. The minimum absolute atomic E-state index is 0.0301. The number of nitrogens with one attached hydrogen (secondary N) is 1. The average Bonchev–Trinajstić information content (AvgIpc) is 2.39. The van der Waals surface area contributed by atoms with Crippen LogP contribution in [0.2, 0.25) is 0 Å². The third-order valence-corrected chi connectivity index (χ3v) is 2.02. The van der Waals surface area contributed by atoms with Gasteiger partial charge in [0.25, 0.3) is 0 Å². The average molecular weight is 266 g/mol. The molecule has 0 fully saturated rings. The normalized spacial score (nSPS) is 9.47. The van der Waals surface area contributed by atoms with Crippen molar-refractivity contribution in [2.45, 2.75) is 6.42 Å². The van der Waals surface area contributed by atoms with Crippen molar-refractivity contribution in [3.8, 4) is 11.8 Å². The molecule has 0 amide bonds. The molecule has 0 radical (unpaired) electrons. The van der Waals surface area contributed by atoms with Gasteiger partial charge in [-0.05, 0) is 12.1 Å². The van der Waals surface area contributed by atoms with Crippen LogP contribution in [0.15, 0.2) is 18.2 Å². The van der Waals surface area contributed by atoms with E-state index in [0.29, 0.717) is 0 Å². The van der Waals surface area contributed by atoms with Gasteiger partial charge in [0.2, 0.25) is 0 Å². The highest BCUT2D eigenvalue weighted by Crippen LogP contribution is 2.27. The number of ether oxygens (including phenoxy) is 1. The molecule has 0 unspecified atom stereocenters. The molecule has 0 aliphatic carbocycles. The van der Waals surface area contributed by atoms with Gasteiger partial charge >= 0.3 is 11.7 Å². The van der Waals surface area contributed by atoms with Gasteiger partial charge in [-0.25, -0.2) is 5.84 Å². The predicted octanol–water partition coefficient (Wildman–Crippen LogP) is 0.157. The number of nitrogens with two attached hydrogens (primary N) is 1. The minimum atomic E-state index is -0.671. The molecule has 0 bridgehead atoms. The third-order valence-electron chi connectivity index (χ3n) is 2.02. The van der Waals surface area contributed by atoms with Gasteiger partial charge in [-0.15, -0.1) is 0 Å². The Morgan fingerprint density at radius 1 is 1.58 bits per heavy atom. The van der Waals surface area contributed by atoms with Crippen molar-refractivity contribution in [3.63, 3.8) is 0 Å². The standard InChI is InChI=1S/C10H10N4O5/c11-6-7-1-2-9(8(5-7)14(16)17)18-4-3-10(15)19-13-12/h1-2,5,13H,3-4,12H2. The van der Waals surface area contributed by atoms with E-state index in [-0.39, 0.29) is 30.0 Å². The van der Waals surface area contributed by atoms with Crippen LogP contribution in [0.4, 0.5) is 5.69 Å². The number of carbonyl (C=O) groups is 1. The van der Waals surface area contributed by atoms with Gasteiger partial charge in [-0.1, -0.05) is 5.59 Å². The molecule has 1 aromatic rings. The maximum atomic E-state index is 10.9. The Balaban J connectivity index is 2.70. The summed E-state index contributed by atoms with van der Waals surface area (Å²) in [7, 11) is 0. The SMILES string of the molecule is N#Cc1ccc(OCCC(=O)ONN)c([N+](=O)[O-])c1. The van der Waals surface area contributed by atoms with Crippen LogP contribution in [0.1, 0.15) is 12.0 Å². The Hall–Kier alpha value is -2.70. The van der Waals surface area contributed by atoms with Crippen LogP contribution < -0.4 is 16.2 Å². The second kappa shape index (κ2) is 6.90. The first kappa shape index (κ1) is 14.4. The van der Waals surface area contributed by atoms with Crippen LogP contribution in [0.25, 0.3) is 0 Å². The van der Waals surface area contributed by atoms with Crippen LogP contribution in [-0.4, -0.2) is 17.5 Å². The summed E-state index contributed by atoms with van der Waals surface area (Å²) in [5.41, 5.74) is 1.51. The van der Waals surface area contributed by atoms with E-state index in [1.807, 2.05) is 0 Å². The fraction of sp³-hybridized carbons (Fsp3) is 0.200. The smallest absolute Gasteiger partial charge is 0.329 e. The molecule has 1 rings (SSSR count). The Morgan fingerprint density at radius 2 is 2.32 bits per heavy atom. The van der Waals surface area contributed by atoms with Crippen molar-refractivity contribution < 1.29 is 19.3 Å². The molecular weight excluding hydrogens is 256 g/mol. The molecule has 9 heteroatoms. The van der Waals surface area contributed by atoms with Gasteiger partial charge in [0, 0.05) is 6.07 Å². The quantitative estimate of drug-likeness (QED) is 0.421. The monoisotopic (exact) mass is 266 g/mol. The number of benzene rings is 1. The molecule has 3 N–H and O–H groups in total. The lowest BCUT2D eigenvalue weighted by Crippen LogP contribution is -2.27. The van der Waals surface area contributed by atoms with Crippen molar-refractivity contribution in [3.05, 3.63) is 33.9 Å². The number of nitro benzene ring substituents is 1. The molecule has 0 aliphatic rings. The van der Waals surface area contributed by atoms with E-state index in [2.05, 4.69) is 4.84 Å². The van der Waals surface area contributed by atoms with E-state index < -0.39 is 10.9 Å². The molecule has 0 heterocycles. The van der Waals surface area contributed by atoms with Gasteiger partial charge in [0.05, 0.1) is 29.6 Å². The van der Waals surface area contributed by atoms with E-state index in [0.717, 1.165) is 6.07 Å². The first-order valence-corrected chi connectivity index (χ1v) is 5.05. The van der Waals surface area contributed by atoms with Gasteiger partial charge in [-0.3, -0.25) is 14.9 Å². The van der Waals surface area contributed by atoms with Gasteiger partial charge in [0.1, 0.15) is 0 Å². The Bertz CT molecular complexity index is 525. The molecule has 0 aromatic heterocycles. The lowest BCUT2D eigenvalue weighted by atomic mass is 10.2. The van der Waals surface area contributed by atoms with E-state index in [4.69, 9.17) is 15.8 Å². The Morgan fingerprint density at radius 3 is 2.89 bits per heavy atom. The van der Waals surface area contributed by atoms with Crippen LogP contribution in [0.5, 0.6) is 5.75 Å². The summed E-state index contributed by atoms with van der Waals surface area (Å²) in [5.74, 6) is 4.06. The topological polar surface area (TPSA) is 141 Å². The Kier molecular flexibility index (Phi) is 5.21. The largest absolute Gasteiger partial charge is 0.486 e. The fourth-order valence-electron chi connectivity index (χ4n) is 1.21. The highest BCUT2D eigenvalue weighted by atomic mass is 16.7. The zero-order valence-corrected chi connectivity index (χ0v) is 9.66. The van der Waals surface area contributed by atoms with Crippen molar-refractivity contribution >= 4 is 11.7 Å². The highest BCUT2D eigenvalue weighted by molar-refractivity contribution is 5.69. The van der Waals surface area contributed by atoms with Gasteiger partial charge in [0.15, 0.2) is 5.75 Å². The fourth-order valence-corrected chi connectivity index (χ4v) is 1.21. The Labute approximate surface area is 107 Å². The maximum Gasteiger partial charge on any atom is 0.329 e. The van der Waals surface area contributed by atoms with Gasteiger partial charge < -0.3 is 9.57 Å². The molecule has 100 valence electrons. The number of nitriles is 1. The molecule has 19 heavy (non-hydrogen) atoms. The zero-order chi connectivity index (χ0) is 14.3. The lowest BCUT2D eigenvalue weighted by Gasteiger charge is -2.06. The van der Waals surface area contributed by atoms with Crippen LogP contribution in [-0.2, 0) is 9.63 Å². The van der Waals surface area contributed by atoms with Crippen molar-refractivity contribution in [1.82, 2.24) is 5.59 Å². The first-order valence-electron chi connectivity index (χ1n) is 5.05. The summed E-state index contributed by atoms with van der Waals surface area (Å²) in [6.45, 7) is -0.118. The minimum Gasteiger partial charge on any atom is -0.486 e. The predicted molar refractivity (Wildman–Crippen MR) is 61.3 cm³/mol. The highest BCUT2D eigenvalue weighted by Gasteiger charge is 2.16. The molecule has 0 saturated carbocycles. The van der Waals surface area contributed by atoms with E-state index in [1.54, 1.807) is 11.7 Å². The van der Waals surface area contributed by atoms with Gasteiger partial charge in [-0.2, -0.15) is 5.26 Å². The number of hydrazine groups is 1. The summed E-state index contributed by atoms with van der Waals surface area (Å²) in [4.78, 5) is 25.3. The number of nitrogens with zero attached hydrogens (tertiary/aromatic N) is 2. The summed E-state index contributed by atoms with van der Waals surface area (Å²) in [5, 5.41) is 19.4. The summed E-state index contributed by atoms with van der Waals surface area (Å²) < 4.78 is 5.09. The molecule has 0 atom stereocenters. The van der Waals surface area contributed by atoms with Crippen LogP contribution in [0, 0.1) is 21.4 Å². The van der Waals surface area contributed by atoms with E-state index in [9.17, 15) is 14.9 Å². The van der Waals surface area contributed by atoms with Crippen molar-refractivity contribution in [2.75, 3.05) is 6.61 Å². The van der Waals surface area contributed by atoms with E-state index >= 15 is 0 Å². The molecular formula is C10H10N4O5.